The third-order valence-electron chi connectivity index (χ3n) is 3.36. The summed E-state index contributed by atoms with van der Waals surface area (Å²) in [6, 6.07) is 11.5. The van der Waals surface area contributed by atoms with Crippen LogP contribution in [-0.4, -0.2) is 22.7 Å². The smallest absolute Gasteiger partial charge is 0.391 e. The Balaban J connectivity index is 2.10. The maximum atomic E-state index is 13.0. The molecule has 128 valence electrons. The van der Waals surface area contributed by atoms with Gasteiger partial charge in [0.2, 0.25) is 0 Å². The quantitative estimate of drug-likeness (QED) is 0.622. The van der Waals surface area contributed by atoms with E-state index in [-0.39, 0.29) is 18.7 Å². The van der Waals surface area contributed by atoms with Crippen LogP contribution in [0.4, 0.5) is 24.5 Å². The molecule has 2 aromatic carbocycles. The molecule has 2 rings (SSSR count). The van der Waals surface area contributed by atoms with Crippen LogP contribution < -0.4 is 5.32 Å². The number of aliphatic hydroxyl groups is 1. The van der Waals surface area contributed by atoms with Crippen molar-refractivity contribution in [1.29, 1.82) is 0 Å². The molecular formula is C16H15F3N2O3. The highest BCUT2D eigenvalue weighted by Crippen LogP contribution is 2.37. The van der Waals surface area contributed by atoms with Gasteiger partial charge in [-0.1, -0.05) is 30.3 Å². The Morgan fingerprint density at radius 1 is 1.17 bits per heavy atom. The zero-order valence-electron chi connectivity index (χ0n) is 12.5. The molecule has 1 atom stereocenters. The predicted molar refractivity (Wildman–Crippen MR) is 82.7 cm³/mol. The number of aliphatic hydroxyl groups excluding tert-OH is 1. The van der Waals surface area contributed by atoms with E-state index < -0.39 is 28.5 Å². The summed E-state index contributed by atoms with van der Waals surface area (Å²) < 4.78 is 39.1. The zero-order valence-corrected chi connectivity index (χ0v) is 12.5. The molecule has 8 heteroatoms. The molecule has 0 saturated heterocycles. The Bertz CT molecular complexity index is 705. The lowest BCUT2D eigenvalue weighted by atomic mass is 10.1. The second-order valence-electron chi connectivity index (χ2n) is 5.21. The fraction of sp³-hybridized carbons (Fsp3) is 0.250. The standard InChI is InChI=1S/C16H15F3N2O3/c17-16(18,19)14-9-12(21(23)24)6-7-15(14)20-10-13(22)8-11-4-2-1-3-5-11/h1-7,9,13,20,22H,8,10H2. The van der Waals surface area contributed by atoms with E-state index in [1.54, 1.807) is 24.3 Å². The van der Waals surface area contributed by atoms with Crippen molar-refractivity contribution in [2.24, 2.45) is 0 Å². The SMILES string of the molecule is O=[N+]([O-])c1ccc(NCC(O)Cc2ccccc2)c(C(F)(F)F)c1. The van der Waals surface area contributed by atoms with Gasteiger partial charge in [0.15, 0.2) is 0 Å². The first-order valence-corrected chi connectivity index (χ1v) is 7.09. The first-order chi connectivity index (χ1) is 11.3. The molecule has 0 aliphatic rings. The number of hydrogen-bond donors (Lipinski definition) is 2. The monoisotopic (exact) mass is 340 g/mol. The van der Waals surface area contributed by atoms with Crippen LogP contribution in [-0.2, 0) is 12.6 Å². The number of nitro benzene ring substituents is 1. The van der Waals surface area contributed by atoms with Gasteiger partial charge >= 0.3 is 6.18 Å². The minimum atomic E-state index is -4.74. The largest absolute Gasteiger partial charge is 0.418 e. The molecule has 2 N–H and O–H groups in total. The van der Waals surface area contributed by atoms with Crippen LogP contribution in [0.1, 0.15) is 11.1 Å². The van der Waals surface area contributed by atoms with Gasteiger partial charge in [-0.15, -0.1) is 0 Å². The molecule has 0 saturated carbocycles. The van der Waals surface area contributed by atoms with E-state index in [1.165, 1.54) is 0 Å². The molecular weight excluding hydrogens is 325 g/mol. The van der Waals surface area contributed by atoms with Crippen LogP contribution in [0, 0.1) is 10.1 Å². The van der Waals surface area contributed by atoms with Gasteiger partial charge in [-0.3, -0.25) is 10.1 Å². The summed E-state index contributed by atoms with van der Waals surface area (Å²) in [4.78, 5) is 9.75. The number of benzene rings is 2. The van der Waals surface area contributed by atoms with E-state index in [0.29, 0.717) is 6.07 Å². The number of nitro groups is 1. The van der Waals surface area contributed by atoms with Crippen molar-refractivity contribution in [1.82, 2.24) is 0 Å². The maximum Gasteiger partial charge on any atom is 0.418 e. The van der Waals surface area contributed by atoms with Crippen molar-refractivity contribution in [3.05, 3.63) is 69.8 Å². The highest BCUT2D eigenvalue weighted by Gasteiger charge is 2.35. The van der Waals surface area contributed by atoms with Crippen LogP contribution in [0.5, 0.6) is 0 Å². The Labute approximate surface area is 135 Å². The molecule has 0 aromatic heterocycles. The fourth-order valence-corrected chi connectivity index (χ4v) is 2.22. The fourth-order valence-electron chi connectivity index (χ4n) is 2.22. The third-order valence-corrected chi connectivity index (χ3v) is 3.36. The summed E-state index contributed by atoms with van der Waals surface area (Å²) in [7, 11) is 0. The summed E-state index contributed by atoms with van der Waals surface area (Å²) in [6.45, 7) is -0.115. The van der Waals surface area contributed by atoms with E-state index in [1.807, 2.05) is 6.07 Å². The highest BCUT2D eigenvalue weighted by atomic mass is 19.4. The van der Waals surface area contributed by atoms with Crippen LogP contribution in [0.25, 0.3) is 0 Å². The normalized spacial score (nSPS) is 12.7. The average Bonchev–Trinajstić information content (AvgIpc) is 2.52. The average molecular weight is 340 g/mol. The number of hydrogen-bond acceptors (Lipinski definition) is 4. The zero-order chi connectivity index (χ0) is 17.7. The van der Waals surface area contributed by atoms with Gasteiger partial charge in [0.1, 0.15) is 0 Å². The summed E-state index contributed by atoms with van der Waals surface area (Å²) >= 11 is 0. The molecule has 0 aliphatic heterocycles. The molecule has 0 aliphatic carbocycles. The highest BCUT2D eigenvalue weighted by molar-refractivity contribution is 5.57. The van der Waals surface area contributed by atoms with E-state index in [4.69, 9.17) is 0 Å². The Kier molecular flexibility index (Phi) is 5.40. The van der Waals surface area contributed by atoms with E-state index in [0.717, 1.165) is 17.7 Å². The lowest BCUT2D eigenvalue weighted by Crippen LogP contribution is -2.23. The minimum absolute atomic E-state index is 0.115. The van der Waals surface area contributed by atoms with Crippen LogP contribution in [0.3, 0.4) is 0 Å². The number of anilines is 1. The number of rotatable bonds is 6. The Morgan fingerprint density at radius 2 is 1.83 bits per heavy atom. The Morgan fingerprint density at radius 3 is 2.42 bits per heavy atom. The van der Waals surface area contributed by atoms with Gasteiger partial charge in [0.25, 0.3) is 5.69 Å². The first-order valence-electron chi connectivity index (χ1n) is 7.09. The molecule has 0 radical (unpaired) electrons. The molecule has 0 amide bonds. The predicted octanol–water partition coefficient (Wildman–Crippen LogP) is 3.63. The lowest BCUT2D eigenvalue weighted by molar-refractivity contribution is -0.385. The minimum Gasteiger partial charge on any atom is -0.391 e. The van der Waals surface area contributed by atoms with E-state index >= 15 is 0 Å². The summed E-state index contributed by atoms with van der Waals surface area (Å²) in [5.74, 6) is 0. The van der Waals surface area contributed by atoms with E-state index in [2.05, 4.69) is 5.32 Å². The lowest BCUT2D eigenvalue weighted by Gasteiger charge is -2.17. The third kappa shape index (κ3) is 4.69. The van der Waals surface area contributed by atoms with Crippen molar-refractivity contribution in [3.8, 4) is 0 Å². The Hall–Kier alpha value is -2.61. The number of nitrogens with zero attached hydrogens (tertiary/aromatic N) is 1. The van der Waals surface area contributed by atoms with Crippen molar-refractivity contribution in [3.63, 3.8) is 0 Å². The molecule has 0 bridgehead atoms. The van der Waals surface area contributed by atoms with Gasteiger partial charge in [-0.2, -0.15) is 13.2 Å². The van der Waals surface area contributed by atoms with Gasteiger partial charge < -0.3 is 10.4 Å². The summed E-state index contributed by atoms with van der Waals surface area (Å²) in [5, 5.41) is 23.1. The molecule has 0 spiro atoms. The van der Waals surface area contributed by atoms with Crippen LogP contribution >= 0.6 is 0 Å². The van der Waals surface area contributed by atoms with Gasteiger partial charge in [0, 0.05) is 30.8 Å². The summed E-state index contributed by atoms with van der Waals surface area (Å²) in [6.07, 6.45) is -5.36. The molecule has 2 aromatic rings. The number of halogens is 3. The van der Waals surface area contributed by atoms with Gasteiger partial charge in [-0.25, -0.2) is 0 Å². The van der Waals surface area contributed by atoms with Crippen molar-refractivity contribution in [2.75, 3.05) is 11.9 Å². The van der Waals surface area contributed by atoms with Gasteiger partial charge in [-0.05, 0) is 11.6 Å². The number of nitrogens with one attached hydrogen (secondary N) is 1. The molecule has 0 heterocycles. The first kappa shape index (κ1) is 17.7. The number of alkyl halides is 3. The van der Waals surface area contributed by atoms with Crippen molar-refractivity contribution < 1.29 is 23.2 Å². The van der Waals surface area contributed by atoms with Crippen LogP contribution in [0.2, 0.25) is 0 Å². The van der Waals surface area contributed by atoms with E-state index in [9.17, 15) is 28.4 Å². The topological polar surface area (TPSA) is 75.4 Å². The van der Waals surface area contributed by atoms with Crippen molar-refractivity contribution in [2.45, 2.75) is 18.7 Å². The van der Waals surface area contributed by atoms with Crippen LogP contribution in [0.15, 0.2) is 48.5 Å². The second kappa shape index (κ2) is 7.31. The molecule has 5 nitrogen and oxygen atoms in total. The summed E-state index contributed by atoms with van der Waals surface area (Å²) in [5.41, 5.74) is -1.23. The van der Waals surface area contributed by atoms with Crippen molar-refractivity contribution >= 4 is 11.4 Å². The molecule has 1 unspecified atom stereocenters. The van der Waals surface area contributed by atoms with Gasteiger partial charge in [0.05, 0.1) is 16.6 Å². The maximum absolute atomic E-state index is 13.0. The molecule has 24 heavy (non-hydrogen) atoms. The molecule has 0 fully saturated rings. The second-order valence-corrected chi connectivity index (χ2v) is 5.21. The number of non-ortho nitro benzene ring substituents is 1.